The van der Waals surface area contributed by atoms with Crippen LogP contribution in [0.25, 0.3) is 0 Å². The van der Waals surface area contributed by atoms with E-state index >= 15 is 0 Å². The molecule has 0 aliphatic heterocycles. The molecular formula is C8H9BO2. The van der Waals surface area contributed by atoms with Gasteiger partial charge in [-0.3, -0.25) is 0 Å². The molecule has 0 saturated carbocycles. The van der Waals surface area contributed by atoms with Crippen molar-refractivity contribution in [1.29, 1.82) is 0 Å². The second kappa shape index (κ2) is 3.24. The Morgan fingerprint density at radius 1 is 1.36 bits per heavy atom. The van der Waals surface area contributed by atoms with Crippen molar-refractivity contribution in [3.05, 3.63) is 35.4 Å². The Morgan fingerprint density at radius 2 is 1.91 bits per heavy atom. The predicted molar refractivity (Wildman–Crippen MR) is 45.6 cm³/mol. The monoisotopic (exact) mass is 148 g/mol. The Kier molecular flexibility index (Phi) is 2.31. The van der Waals surface area contributed by atoms with E-state index in [1.165, 1.54) is 0 Å². The third kappa shape index (κ3) is 1.83. The van der Waals surface area contributed by atoms with Crippen LogP contribution in [-0.2, 0) is 6.32 Å². The van der Waals surface area contributed by atoms with Gasteiger partial charge in [-0.05, 0) is 12.1 Å². The molecule has 0 bridgehead atoms. The molecule has 0 heterocycles. The van der Waals surface area contributed by atoms with Crippen molar-refractivity contribution in [3.63, 3.8) is 0 Å². The van der Waals surface area contributed by atoms with E-state index in [1.54, 1.807) is 12.1 Å². The second-order valence-corrected chi connectivity index (χ2v) is 2.36. The van der Waals surface area contributed by atoms with Gasteiger partial charge in [-0.2, -0.15) is 0 Å². The average molecular weight is 148 g/mol. The van der Waals surface area contributed by atoms with Gasteiger partial charge in [-0.15, -0.1) is 0 Å². The summed E-state index contributed by atoms with van der Waals surface area (Å²) in [5, 5.41) is 8.55. The van der Waals surface area contributed by atoms with Gasteiger partial charge in [0.2, 0.25) is 0 Å². The number of aromatic carboxylic acids is 1. The summed E-state index contributed by atoms with van der Waals surface area (Å²) in [6, 6.07) is 6.93. The minimum Gasteiger partial charge on any atom is -0.478 e. The van der Waals surface area contributed by atoms with Gasteiger partial charge in [0, 0.05) is 0 Å². The maximum Gasteiger partial charge on any atom is 0.335 e. The second-order valence-electron chi connectivity index (χ2n) is 2.36. The van der Waals surface area contributed by atoms with Gasteiger partial charge < -0.3 is 5.11 Å². The molecule has 1 aromatic rings. The Labute approximate surface area is 66.3 Å². The maximum absolute atomic E-state index is 10.4. The van der Waals surface area contributed by atoms with Gasteiger partial charge in [0.15, 0.2) is 0 Å². The quantitative estimate of drug-likeness (QED) is 0.620. The molecule has 0 aromatic heterocycles. The summed E-state index contributed by atoms with van der Waals surface area (Å²) in [5.74, 6) is -0.868. The Bertz CT molecular complexity index is 253. The molecule has 11 heavy (non-hydrogen) atoms. The van der Waals surface area contributed by atoms with Crippen LogP contribution < -0.4 is 0 Å². The van der Waals surface area contributed by atoms with Gasteiger partial charge in [0.25, 0.3) is 0 Å². The lowest BCUT2D eigenvalue weighted by Gasteiger charge is -1.96. The Hall–Kier alpha value is -1.25. The molecule has 0 saturated heterocycles. The van der Waals surface area contributed by atoms with E-state index in [0.29, 0.717) is 5.56 Å². The van der Waals surface area contributed by atoms with Crippen molar-refractivity contribution < 1.29 is 9.90 Å². The predicted octanol–water partition coefficient (Wildman–Crippen LogP) is 0.518. The summed E-state index contributed by atoms with van der Waals surface area (Å²) in [5.41, 5.74) is 1.51. The molecule has 1 rings (SSSR count). The van der Waals surface area contributed by atoms with Crippen LogP contribution in [0, 0.1) is 0 Å². The molecule has 3 heteroatoms. The molecule has 0 atom stereocenters. The minimum atomic E-state index is -0.868. The lowest BCUT2D eigenvalue weighted by Crippen LogP contribution is -1.95. The number of hydrogen-bond donors (Lipinski definition) is 1. The topological polar surface area (TPSA) is 37.3 Å². The smallest absolute Gasteiger partial charge is 0.335 e. The zero-order valence-corrected chi connectivity index (χ0v) is 6.37. The van der Waals surface area contributed by atoms with E-state index in [2.05, 4.69) is 0 Å². The van der Waals surface area contributed by atoms with Crippen LogP contribution in [0.15, 0.2) is 24.3 Å². The van der Waals surface area contributed by atoms with Crippen LogP contribution >= 0.6 is 0 Å². The van der Waals surface area contributed by atoms with E-state index in [9.17, 15) is 4.79 Å². The molecule has 0 aliphatic carbocycles. The van der Waals surface area contributed by atoms with E-state index in [-0.39, 0.29) is 0 Å². The Balaban J connectivity index is 2.91. The largest absolute Gasteiger partial charge is 0.478 e. The standard InChI is InChI=1S/C8H9BO2/c9-5-6-1-3-7(4-2-6)8(10)11/h1-4H,5,9H2,(H,10,11). The van der Waals surface area contributed by atoms with Crippen LogP contribution in [0.4, 0.5) is 0 Å². The highest BCUT2D eigenvalue weighted by Crippen LogP contribution is 2.03. The number of hydrogen-bond acceptors (Lipinski definition) is 1. The third-order valence-corrected chi connectivity index (χ3v) is 1.61. The first kappa shape index (κ1) is 7.86. The number of carboxylic acids is 1. The molecule has 0 spiro atoms. The number of carboxylic acid groups (broad SMARTS) is 1. The van der Waals surface area contributed by atoms with Gasteiger partial charge >= 0.3 is 5.97 Å². The molecule has 56 valence electrons. The average Bonchev–Trinajstić information content (AvgIpc) is 2.05. The molecular weight excluding hydrogens is 139 g/mol. The zero-order chi connectivity index (χ0) is 8.27. The molecule has 2 nitrogen and oxygen atoms in total. The fourth-order valence-electron chi connectivity index (χ4n) is 0.883. The zero-order valence-electron chi connectivity index (χ0n) is 6.37. The highest BCUT2D eigenvalue weighted by Gasteiger charge is 1.99. The molecule has 0 fully saturated rings. The fraction of sp³-hybridized carbons (Fsp3) is 0.125. The van der Waals surface area contributed by atoms with Gasteiger partial charge in [0.05, 0.1) is 5.56 Å². The van der Waals surface area contributed by atoms with Crippen LogP contribution in [0.5, 0.6) is 0 Å². The first-order valence-corrected chi connectivity index (χ1v) is 3.56. The van der Waals surface area contributed by atoms with Gasteiger partial charge in [0.1, 0.15) is 7.85 Å². The van der Waals surface area contributed by atoms with E-state index in [1.807, 2.05) is 20.0 Å². The molecule has 0 unspecified atom stereocenters. The summed E-state index contributed by atoms with van der Waals surface area (Å²) in [7, 11) is 2.04. The van der Waals surface area contributed by atoms with Crippen LogP contribution in [-0.4, -0.2) is 18.9 Å². The fourth-order valence-corrected chi connectivity index (χ4v) is 0.883. The van der Waals surface area contributed by atoms with Crippen LogP contribution in [0.3, 0.4) is 0 Å². The lowest BCUT2D eigenvalue weighted by atomic mass is 9.96. The first-order valence-electron chi connectivity index (χ1n) is 3.56. The van der Waals surface area contributed by atoms with Gasteiger partial charge in [-0.1, -0.05) is 24.0 Å². The van der Waals surface area contributed by atoms with Gasteiger partial charge in [-0.25, -0.2) is 4.79 Å². The maximum atomic E-state index is 10.4. The van der Waals surface area contributed by atoms with Crippen molar-refractivity contribution in [3.8, 4) is 0 Å². The van der Waals surface area contributed by atoms with Crippen LogP contribution in [0.1, 0.15) is 15.9 Å². The summed E-state index contributed by atoms with van der Waals surface area (Å²) in [6.45, 7) is 0. The van der Waals surface area contributed by atoms with Crippen molar-refractivity contribution in [2.75, 3.05) is 0 Å². The van der Waals surface area contributed by atoms with Crippen molar-refractivity contribution in [2.24, 2.45) is 0 Å². The van der Waals surface area contributed by atoms with Crippen LogP contribution in [0.2, 0.25) is 0 Å². The number of rotatable bonds is 2. The summed E-state index contributed by atoms with van der Waals surface area (Å²) < 4.78 is 0. The molecule has 0 radical (unpaired) electrons. The van der Waals surface area contributed by atoms with E-state index < -0.39 is 5.97 Å². The summed E-state index contributed by atoms with van der Waals surface area (Å²) in [4.78, 5) is 10.4. The normalized spacial score (nSPS) is 9.45. The SMILES string of the molecule is BCc1ccc(C(=O)O)cc1. The Morgan fingerprint density at radius 3 is 2.27 bits per heavy atom. The molecule has 0 amide bonds. The lowest BCUT2D eigenvalue weighted by molar-refractivity contribution is 0.0697. The van der Waals surface area contributed by atoms with E-state index in [4.69, 9.17) is 5.11 Å². The van der Waals surface area contributed by atoms with Crippen molar-refractivity contribution >= 4 is 13.8 Å². The van der Waals surface area contributed by atoms with Crippen molar-refractivity contribution in [1.82, 2.24) is 0 Å². The molecule has 1 N–H and O–H groups in total. The third-order valence-electron chi connectivity index (χ3n) is 1.61. The van der Waals surface area contributed by atoms with Crippen molar-refractivity contribution in [2.45, 2.75) is 6.32 Å². The summed E-state index contributed by atoms with van der Waals surface area (Å²) >= 11 is 0. The highest BCUT2D eigenvalue weighted by molar-refractivity contribution is 6.08. The summed E-state index contributed by atoms with van der Waals surface area (Å²) in [6.07, 6.45) is 0.944. The number of carbonyl (C=O) groups is 1. The molecule has 0 aliphatic rings. The highest BCUT2D eigenvalue weighted by atomic mass is 16.4. The van der Waals surface area contributed by atoms with E-state index in [0.717, 1.165) is 11.9 Å². The minimum absolute atomic E-state index is 0.349. The first-order chi connectivity index (χ1) is 5.24. The number of benzene rings is 1. The molecule has 1 aromatic carbocycles.